The Morgan fingerprint density at radius 1 is 0.824 bits per heavy atom. The molecule has 0 bridgehead atoms. The second-order valence-electron chi connectivity index (χ2n) is 10.5. The summed E-state index contributed by atoms with van der Waals surface area (Å²) in [5.74, 6) is -1.30. The number of nitrogens with two attached hydrogens (primary N) is 1. The molecular formula is C23H44BrClN2O7. The van der Waals surface area contributed by atoms with Gasteiger partial charge < -0.3 is 41.6 Å². The Morgan fingerprint density at radius 3 is 1.85 bits per heavy atom. The third-order valence-corrected chi connectivity index (χ3v) is 5.97. The van der Waals surface area contributed by atoms with Gasteiger partial charge in [-0.2, -0.15) is 0 Å². The van der Waals surface area contributed by atoms with Crippen LogP contribution in [0.5, 0.6) is 0 Å². The number of hydrogen-bond donors (Lipinski definition) is 1. The molecule has 0 aromatic rings. The lowest BCUT2D eigenvalue weighted by Gasteiger charge is -2.35. The van der Waals surface area contributed by atoms with Crippen LogP contribution in [0.15, 0.2) is 0 Å². The smallest absolute Gasteiger partial charge is 0.322 e. The molecule has 0 spiro atoms. The van der Waals surface area contributed by atoms with Gasteiger partial charge in [-0.25, -0.2) is 0 Å². The van der Waals surface area contributed by atoms with E-state index >= 15 is 0 Å². The molecule has 2 atom stereocenters. The maximum Gasteiger partial charge on any atom is 0.322 e. The Hall–Kier alpha value is -0.940. The number of esters is 3. The molecule has 0 fully saturated rings. The molecule has 34 heavy (non-hydrogen) atoms. The number of alkyl halides is 1. The van der Waals surface area contributed by atoms with Crippen LogP contribution in [-0.4, -0.2) is 94.5 Å². The molecule has 0 radical (unpaired) electrons. The lowest BCUT2D eigenvalue weighted by Crippen LogP contribution is -3.00. The highest BCUT2D eigenvalue weighted by atomic mass is 79.9. The molecule has 202 valence electrons. The van der Waals surface area contributed by atoms with Gasteiger partial charge in [0.05, 0.1) is 38.6 Å². The number of carbonyl (C=O) groups excluding carboxylic acids is 3. The van der Waals surface area contributed by atoms with Crippen LogP contribution in [0.25, 0.3) is 0 Å². The Balaban J connectivity index is 0. The number of quaternary nitrogens is 1. The second-order valence-corrected chi connectivity index (χ2v) is 12.3. The van der Waals surface area contributed by atoms with Crippen molar-refractivity contribution in [2.75, 3.05) is 67.8 Å². The summed E-state index contributed by atoms with van der Waals surface area (Å²) < 4.78 is 20.6. The van der Waals surface area contributed by atoms with E-state index in [4.69, 9.17) is 24.7 Å². The lowest BCUT2D eigenvalue weighted by molar-refractivity contribution is -0.870. The summed E-state index contributed by atoms with van der Waals surface area (Å²) in [7, 11) is 7.54. The minimum atomic E-state index is -1.11. The molecule has 0 saturated heterocycles. The van der Waals surface area contributed by atoms with Crippen LogP contribution in [-0.2, 0) is 33.3 Å². The number of carbonyl (C=O) groups is 3. The molecule has 11 heteroatoms. The highest BCUT2D eigenvalue weighted by molar-refractivity contribution is 9.10. The van der Waals surface area contributed by atoms with Crippen molar-refractivity contribution in [3.05, 3.63) is 0 Å². The molecule has 0 amide bonds. The Morgan fingerprint density at radius 2 is 1.35 bits per heavy atom. The van der Waals surface area contributed by atoms with E-state index in [9.17, 15) is 14.4 Å². The van der Waals surface area contributed by atoms with Crippen molar-refractivity contribution in [1.82, 2.24) is 0 Å². The van der Waals surface area contributed by atoms with E-state index in [1.165, 1.54) is 7.11 Å². The van der Waals surface area contributed by atoms with Gasteiger partial charge in [-0.3, -0.25) is 14.4 Å². The van der Waals surface area contributed by atoms with Crippen molar-refractivity contribution in [2.24, 2.45) is 16.6 Å². The SMILES string of the molecule is COCCOC(=O)C(C)(CCC(C)(C)C(=O)OCCN)CC(C)(Br)C(=O)OCC[N+](C)(C)C.[Cl-]. The maximum absolute atomic E-state index is 13.1. The Labute approximate surface area is 219 Å². The Kier molecular flexibility index (Phi) is 15.8. The van der Waals surface area contributed by atoms with Gasteiger partial charge >= 0.3 is 17.9 Å². The quantitative estimate of drug-likeness (QED) is 0.0844. The Bertz CT molecular complexity index is 654. The van der Waals surface area contributed by atoms with Crippen LogP contribution in [0.3, 0.4) is 0 Å². The number of hydrogen-bond acceptors (Lipinski definition) is 8. The number of halogens is 2. The fourth-order valence-corrected chi connectivity index (χ4v) is 3.79. The third-order valence-electron chi connectivity index (χ3n) is 5.36. The van der Waals surface area contributed by atoms with Crippen molar-refractivity contribution in [1.29, 1.82) is 0 Å². The first-order chi connectivity index (χ1) is 15.0. The summed E-state index contributed by atoms with van der Waals surface area (Å²) >= 11 is 3.48. The third kappa shape index (κ3) is 13.2. The van der Waals surface area contributed by atoms with E-state index in [1.54, 1.807) is 27.7 Å². The van der Waals surface area contributed by atoms with E-state index in [1.807, 2.05) is 21.1 Å². The van der Waals surface area contributed by atoms with Crippen molar-refractivity contribution in [2.45, 2.75) is 51.3 Å². The molecule has 0 rings (SSSR count). The van der Waals surface area contributed by atoms with E-state index in [0.717, 1.165) is 0 Å². The zero-order valence-electron chi connectivity index (χ0n) is 22.0. The van der Waals surface area contributed by atoms with Crippen molar-refractivity contribution in [3.63, 3.8) is 0 Å². The van der Waals surface area contributed by atoms with E-state index in [0.29, 0.717) is 23.9 Å². The monoisotopic (exact) mass is 574 g/mol. The van der Waals surface area contributed by atoms with Crippen LogP contribution in [0.4, 0.5) is 0 Å². The summed E-state index contributed by atoms with van der Waals surface area (Å²) in [6.45, 7) is 8.59. The fraction of sp³-hybridized carbons (Fsp3) is 0.870. The molecule has 2 unspecified atom stereocenters. The molecule has 0 aliphatic rings. The average Bonchev–Trinajstić information content (AvgIpc) is 2.69. The van der Waals surface area contributed by atoms with Gasteiger partial charge in [0, 0.05) is 13.7 Å². The first kappa shape index (κ1) is 35.2. The highest BCUT2D eigenvalue weighted by Gasteiger charge is 2.46. The summed E-state index contributed by atoms with van der Waals surface area (Å²) in [5, 5.41) is 0. The predicted molar refractivity (Wildman–Crippen MR) is 130 cm³/mol. The second kappa shape index (κ2) is 15.2. The van der Waals surface area contributed by atoms with E-state index in [-0.39, 0.29) is 57.8 Å². The summed E-state index contributed by atoms with van der Waals surface area (Å²) in [6, 6.07) is 0. The van der Waals surface area contributed by atoms with Gasteiger partial charge in [0.25, 0.3) is 0 Å². The molecule has 0 heterocycles. The summed E-state index contributed by atoms with van der Waals surface area (Å²) in [5.41, 5.74) is 3.52. The first-order valence-corrected chi connectivity index (χ1v) is 12.0. The minimum Gasteiger partial charge on any atom is -1.00 e. The van der Waals surface area contributed by atoms with Crippen LogP contribution in [0.2, 0.25) is 0 Å². The van der Waals surface area contributed by atoms with Gasteiger partial charge in [0.1, 0.15) is 30.7 Å². The zero-order valence-corrected chi connectivity index (χ0v) is 24.3. The first-order valence-electron chi connectivity index (χ1n) is 11.2. The highest BCUT2D eigenvalue weighted by Crippen LogP contribution is 2.42. The molecule has 0 aromatic carbocycles. The van der Waals surface area contributed by atoms with Gasteiger partial charge in [-0.15, -0.1) is 0 Å². The predicted octanol–water partition coefficient (Wildman–Crippen LogP) is -0.712. The van der Waals surface area contributed by atoms with Crippen molar-refractivity contribution >= 4 is 33.8 Å². The van der Waals surface area contributed by atoms with E-state index < -0.39 is 27.1 Å². The minimum absolute atomic E-state index is 0. The molecule has 0 aliphatic heterocycles. The number of ether oxygens (including phenoxy) is 4. The summed E-state index contributed by atoms with van der Waals surface area (Å²) in [4.78, 5) is 38.3. The largest absolute Gasteiger partial charge is 1.00 e. The molecule has 2 N–H and O–H groups in total. The number of likely N-dealkylation sites (N-methyl/N-ethyl adjacent to an activating group) is 1. The van der Waals surface area contributed by atoms with Crippen molar-refractivity contribution in [3.8, 4) is 0 Å². The molecular weight excluding hydrogens is 532 g/mol. The lowest BCUT2D eigenvalue weighted by atomic mass is 9.73. The van der Waals surface area contributed by atoms with Crippen molar-refractivity contribution < 1.29 is 50.2 Å². The molecule has 0 aliphatic carbocycles. The standard InChI is InChI=1S/C23H44BrN2O7.ClH/c1-21(2,18(27)31-13-11-25)9-10-22(3,19(28)33-16-15-30-8)17-23(4,24)20(29)32-14-12-26(5,6)7;/h9-17,25H2,1-8H3;1H/q+1;/p-1. The zero-order chi connectivity index (χ0) is 25.9. The van der Waals surface area contributed by atoms with Gasteiger partial charge in [0.2, 0.25) is 0 Å². The average molecular weight is 576 g/mol. The van der Waals surface area contributed by atoms with Crippen LogP contribution >= 0.6 is 15.9 Å². The normalized spacial score (nSPS) is 15.4. The maximum atomic E-state index is 13.1. The van der Waals surface area contributed by atoms with Gasteiger partial charge in [-0.05, 0) is 47.0 Å². The van der Waals surface area contributed by atoms with E-state index in [2.05, 4.69) is 15.9 Å². The van der Waals surface area contributed by atoms with Gasteiger partial charge in [0.15, 0.2) is 0 Å². The number of methoxy groups -OCH3 is 1. The van der Waals surface area contributed by atoms with Gasteiger partial charge in [-0.1, -0.05) is 15.9 Å². The van der Waals surface area contributed by atoms with Crippen LogP contribution in [0, 0.1) is 10.8 Å². The number of nitrogens with zero attached hydrogens (tertiary/aromatic N) is 1. The van der Waals surface area contributed by atoms with Crippen LogP contribution < -0.4 is 18.1 Å². The molecule has 0 saturated carbocycles. The fourth-order valence-electron chi connectivity index (χ4n) is 3.06. The van der Waals surface area contributed by atoms with Crippen LogP contribution in [0.1, 0.15) is 47.0 Å². The number of rotatable bonds is 16. The topological polar surface area (TPSA) is 114 Å². The summed E-state index contributed by atoms with van der Waals surface area (Å²) in [6.07, 6.45) is 0.783. The molecule has 0 aromatic heterocycles. The molecule has 9 nitrogen and oxygen atoms in total.